The first-order valence-corrected chi connectivity index (χ1v) is 6.33. The molecule has 2 N–H and O–H groups in total. The Balaban J connectivity index is 2.00. The molecule has 0 aromatic carbocycles. The van der Waals surface area contributed by atoms with Crippen molar-refractivity contribution in [2.75, 3.05) is 13.1 Å². The fraction of sp³-hybridized carbons (Fsp3) is 0.750. The Morgan fingerprint density at radius 2 is 2.11 bits per heavy atom. The standard InChI is InChI=1S/C12H23N5O/c1-12(2,3)14-7-5-11(18)13-6-4-9-17-10-8-15-16-17/h8,10,14H,4-7,9H2,1-3H3,(H,13,18). The van der Waals surface area contributed by atoms with Crippen molar-refractivity contribution in [3.8, 4) is 0 Å². The quantitative estimate of drug-likeness (QED) is 0.697. The Morgan fingerprint density at radius 1 is 1.33 bits per heavy atom. The van der Waals surface area contributed by atoms with Gasteiger partial charge in [0.25, 0.3) is 0 Å². The summed E-state index contributed by atoms with van der Waals surface area (Å²) < 4.78 is 1.76. The maximum absolute atomic E-state index is 11.5. The zero-order valence-corrected chi connectivity index (χ0v) is 11.4. The van der Waals surface area contributed by atoms with Crippen LogP contribution in [0.15, 0.2) is 12.4 Å². The van der Waals surface area contributed by atoms with E-state index >= 15 is 0 Å². The first-order chi connectivity index (χ1) is 8.47. The van der Waals surface area contributed by atoms with Gasteiger partial charge in [0.1, 0.15) is 0 Å². The van der Waals surface area contributed by atoms with Crippen LogP contribution < -0.4 is 10.6 Å². The summed E-state index contributed by atoms with van der Waals surface area (Å²) in [4.78, 5) is 11.5. The number of nitrogens with zero attached hydrogens (tertiary/aromatic N) is 3. The Labute approximate surface area is 108 Å². The molecule has 0 fully saturated rings. The minimum absolute atomic E-state index is 0.0629. The third-order valence-corrected chi connectivity index (χ3v) is 2.37. The Morgan fingerprint density at radius 3 is 2.72 bits per heavy atom. The van der Waals surface area contributed by atoms with Crippen LogP contribution in [0.2, 0.25) is 0 Å². The molecule has 0 unspecified atom stereocenters. The molecule has 1 aromatic heterocycles. The van der Waals surface area contributed by atoms with E-state index in [9.17, 15) is 4.79 Å². The molecule has 0 atom stereocenters. The van der Waals surface area contributed by atoms with Gasteiger partial charge < -0.3 is 10.6 Å². The maximum Gasteiger partial charge on any atom is 0.221 e. The molecule has 0 aliphatic carbocycles. The number of hydrogen-bond donors (Lipinski definition) is 2. The lowest BCUT2D eigenvalue weighted by Gasteiger charge is -2.20. The molecule has 102 valence electrons. The highest BCUT2D eigenvalue weighted by molar-refractivity contribution is 5.75. The summed E-state index contributed by atoms with van der Waals surface area (Å²) in [6.07, 6.45) is 4.84. The monoisotopic (exact) mass is 253 g/mol. The number of rotatable bonds is 7. The Hall–Kier alpha value is -1.43. The number of carbonyl (C=O) groups is 1. The third-order valence-electron chi connectivity index (χ3n) is 2.37. The van der Waals surface area contributed by atoms with Gasteiger partial charge >= 0.3 is 0 Å². The molecule has 0 saturated heterocycles. The lowest BCUT2D eigenvalue weighted by atomic mass is 10.1. The fourth-order valence-corrected chi connectivity index (χ4v) is 1.46. The summed E-state index contributed by atoms with van der Waals surface area (Å²) in [5.41, 5.74) is 0.0629. The predicted octanol–water partition coefficient (Wildman–Crippen LogP) is 0.563. The van der Waals surface area contributed by atoms with E-state index in [2.05, 4.69) is 41.7 Å². The average Bonchev–Trinajstić information content (AvgIpc) is 2.75. The van der Waals surface area contributed by atoms with Crippen LogP contribution in [-0.2, 0) is 11.3 Å². The number of aryl methyl sites for hydroxylation is 1. The number of nitrogens with one attached hydrogen (secondary N) is 2. The molecule has 6 nitrogen and oxygen atoms in total. The molecule has 0 aliphatic heterocycles. The van der Waals surface area contributed by atoms with Crippen molar-refractivity contribution in [2.45, 2.75) is 45.7 Å². The van der Waals surface area contributed by atoms with Crippen LogP contribution in [0.4, 0.5) is 0 Å². The highest BCUT2D eigenvalue weighted by atomic mass is 16.1. The van der Waals surface area contributed by atoms with Gasteiger partial charge in [-0.3, -0.25) is 9.48 Å². The van der Waals surface area contributed by atoms with Crippen molar-refractivity contribution in [1.82, 2.24) is 25.6 Å². The van der Waals surface area contributed by atoms with E-state index in [0.717, 1.165) is 13.0 Å². The van der Waals surface area contributed by atoms with E-state index in [4.69, 9.17) is 0 Å². The second kappa shape index (κ2) is 7.10. The van der Waals surface area contributed by atoms with Crippen molar-refractivity contribution in [2.24, 2.45) is 0 Å². The third kappa shape index (κ3) is 7.01. The zero-order chi connectivity index (χ0) is 13.4. The molecule has 6 heteroatoms. The van der Waals surface area contributed by atoms with E-state index in [1.54, 1.807) is 10.9 Å². The van der Waals surface area contributed by atoms with Gasteiger partial charge in [-0.25, -0.2) is 0 Å². The van der Waals surface area contributed by atoms with Crippen molar-refractivity contribution in [1.29, 1.82) is 0 Å². The van der Waals surface area contributed by atoms with E-state index < -0.39 is 0 Å². The first-order valence-electron chi connectivity index (χ1n) is 6.33. The Kier molecular flexibility index (Phi) is 5.77. The van der Waals surface area contributed by atoms with Crippen LogP contribution in [0.3, 0.4) is 0 Å². The van der Waals surface area contributed by atoms with Gasteiger partial charge in [-0.15, -0.1) is 5.10 Å². The molecular weight excluding hydrogens is 230 g/mol. The molecule has 1 heterocycles. The van der Waals surface area contributed by atoms with Gasteiger partial charge in [-0.1, -0.05) is 5.21 Å². The molecule has 1 aromatic rings. The molecule has 1 rings (SSSR count). The second-order valence-corrected chi connectivity index (χ2v) is 5.30. The largest absolute Gasteiger partial charge is 0.356 e. The summed E-state index contributed by atoms with van der Waals surface area (Å²) in [6, 6.07) is 0. The number of carbonyl (C=O) groups excluding carboxylic acids is 1. The van der Waals surface area contributed by atoms with E-state index in [1.807, 2.05) is 6.20 Å². The van der Waals surface area contributed by atoms with Gasteiger partial charge in [0.05, 0.1) is 6.20 Å². The predicted molar refractivity (Wildman–Crippen MR) is 70.0 cm³/mol. The Bertz CT molecular complexity index is 342. The van der Waals surface area contributed by atoms with Gasteiger partial charge in [-0.2, -0.15) is 0 Å². The van der Waals surface area contributed by atoms with E-state index in [-0.39, 0.29) is 11.4 Å². The minimum atomic E-state index is 0.0629. The van der Waals surface area contributed by atoms with Crippen LogP contribution >= 0.6 is 0 Å². The van der Waals surface area contributed by atoms with Crippen molar-refractivity contribution in [3.05, 3.63) is 12.4 Å². The summed E-state index contributed by atoms with van der Waals surface area (Å²) >= 11 is 0. The molecule has 0 aliphatic rings. The van der Waals surface area contributed by atoms with E-state index in [0.29, 0.717) is 19.5 Å². The molecular formula is C12H23N5O. The molecule has 0 saturated carbocycles. The van der Waals surface area contributed by atoms with Crippen LogP contribution in [0.1, 0.15) is 33.6 Å². The SMILES string of the molecule is CC(C)(C)NCCC(=O)NCCCn1ccnn1. The highest BCUT2D eigenvalue weighted by Gasteiger charge is 2.09. The van der Waals surface area contributed by atoms with Crippen LogP contribution in [-0.4, -0.2) is 39.5 Å². The minimum Gasteiger partial charge on any atom is -0.356 e. The van der Waals surface area contributed by atoms with Crippen molar-refractivity contribution < 1.29 is 4.79 Å². The van der Waals surface area contributed by atoms with Gasteiger partial charge in [0.2, 0.25) is 5.91 Å². The smallest absolute Gasteiger partial charge is 0.221 e. The average molecular weight is 253 g/mol. The number of hydrogen-bond acceptors (Lipinski definition) is 4. The second-order valence-electron chi connectivity index (χ2n) is 5.30. The lowest BCUT2D eigenvalue weighted by molar-refractivity contribution is -0.121. The van der Waals surface area contributed by atoms with Crippen molar-refractivity contribution in [3.63, 3.8) is 0 Å². The first kappa shape index (κ1) is 14.6. The van der Waals surface area contributed by atoms with Crippen LogP contribution in [0.25, 0.3) is 0 Å². The fourth-order valence-electron chi connectivity index (χ4n) is 1.46. The molecule has 18 heavy (non-hydrogen) atoms. The summed E-state index contributed by atoms with van der Waals surface area (Å²) in [5, 5.41) is 13.7. The van der Waals surface area contributed by atoms with Crippen LogP contribution in [0, 0.1) is 0 Å². The molecule has 0 spiro atoms. The van der Waals surface area contributed by atoms with E-state index in [1.165, 1.54) is 0 Å². The van der Waals surface area contributed by atoms with Crippen molar-refractivity contribution >= 4 is 5.91 Å². The normalized spacial score (nSPS) is 11.5. The van der Waals surface area contributed by atoms with Gasteiger partial charge in [0, 0.05) is 37.8 Å². The maximum atomic E-state index is 11.5. The molecule has 0 bridgehead atoms. The number of amides is 1. The topological polar surface area (TPSA) is 71.8 Å². The summed E-state index contributed by atoms with van der Waals surface area (Å²) in [6.45, 7) is 8.42. The molecule has 0 radical (unpaired) electrons. The summed E-state index contributed by atoms with van der Waals surface area (Å²) in [7, 11) is 0. The van der Waals surface area contributed by atoms with Crippen LogP contribution in [0.5, 0.6) is 0 Å². The van der Waals surface area contributed by atoms with Gasteiger partial charge in [-0.05, 0) is 27.2 Å². The van der Waals surface area contributed by atoms with Gasteiger partial charge in [0.15, 0.2) is 0 Å². The summed E-state index contributed by atoms with van der Waals surface area (Å²) in [5.74, 6) is 0.0883. The lowest BCUT2D eigenvalue weighted by Crippen LogP contribution is -2.38. The number of aromatic nitrogens is 3. The molecule has 1 amide bonds. The zero-order valence-electron chi connectivity index (χ0n) is 11.4. The highest BCUT2D eigenvalue weighted by Crippen LogP contribution is 1.97.